The van der Waals surface area contributed by atoms with E-state index in [1.165, 1.54) is 25.8 Å². The van der Waals surface area contributed by atoms with Crippen molar-refractivity contribution >= 4 is 6.09 Å². The molecular formula is C25H36N4O3. The van der Waals surface area contributed by atoms with Gasteiger partial charge in [-0.2, -0.15) is 5.10 Å². The molecule has 1 aliphatic heterocycles. The van der Waals surface area contributed by atoms with Crippen molar-refractivity contribution in [2.24, 2.45) is 0 Å². The van der Waals surface area contributed by atoms with Gasteiger partial charge in [-0.1, -0.05) is 19.3 Å². The van der Waals surface area contributed by atoms with Crippen molar-refractivity contribution in [3.8, 4) is 17.3 Å². The number of likely N-dealkylation sites (tertiary alicyclic amines) is 1. The van der Waals surface area contributed by atoms with Gasteiger partial charge >= 0.3 is 6.09 Å². The van der Waals surface area contributed by atoms with Gasteiger partial charge in [0.1, 0.15) is 5.75 Å². The summed E-state index contributed by atoms with van der Waals surface area (Å²) in [5.41, 5.74) is 1.62. The minimum absolute atomic E-state index is 0.207. The summed E-state index contributed by atoms with van der Waals surface area (Å²) in [6.45, 7) is 7.21. The first-order valence-electron chi connectivity index (χ1n) is 12.1. The maximum Gasteiger partial charge on any atom is 0.414 e. The standard InChI is InChI=1S/C25H36N4O3/c1-19-18-24(32-25(30)26-21-9-4-3-5-10-21)29(27-19)22-11-13-23(14-12-22)31-17-7-16-28-15-6-8-20(28)2/h11-14,18,20-21H,3-10,15-17H2,1-2H3,(H,26,30)/t20-/m1/s1. The van der Waals surface area contributed by atoms with E-state index in [-0.39, 0.29) is 6.04 Å². The predicted molar refractivity (Wildman–Crippen MR) is 125 cm³/mol. The number of benzene rings is 1. The molecule has 0 unspecified atom stereocenters. The molecule has 2 fully saturated rings. The summed E-state index contributed by atoms with van der Waals surface area (Å²) >= 11 is 0. The average molecular weight is 441 g/mol. The van der Waals surface area contributed by atoms with E-state index in [2.05, 4.69) is 22.2 Å². The largest absolute Gasteiger partial charge is 0.494 e. The van der Waals surface area contributed by atoms with Crippen LogP contribution >= 0.6 is 0 Å². The van der Waals surface area contributed by atoms with Gasteiger partial charge in [0.15, 0.2) is 0 Å². The molecule has 0 radical (unpaired) electrons. The lowest BCUT2D eigenvalue weighted by molar-refractivity contribution is 0.189. The number of rotatable bonds is 8. The number of carbonyl (C=O) groups excluding carboxylic acids is 1. The number of carbonyl (C=O) groups is 1. The molecule has 7 heteroatoms. The third-order valence-corrected chi connectivity index (χ3v) is 6.55. The zero-order valence-electron chi connectivity index (χ0n) is 19.4. The lowest BCUT2D eigenvalue weighted by Gasteiger charge is -2.22. The van der Waals surface area contributed by atoms with Gasteiger partial charge < -0.3 is 19.7 Å². The van der Waals surface area contributed by atoms with Gasteiger partial charge in [0, 0.05) is 24.7 Å². The highest BCUT2D eigenvalue weighted by atomic mass is 16.6. The molecule has 1 saturated heterocycles. The summed E-state index contributed by atoms with van der Waals surface area (Å²) in [5, 5.41) is 7.49. The van der Waals surface area contributed by atoms with E-state index in [4.69, 9.17) is 9.47 Å². The fraction of sp³-hybridized carbons (Fsp3) is 0.600. The molecule has 0 bridgehead atoms. The SMILES string of the molecule is Cc1cc(OC(=O)NC2CCCCC2)n(-c2ccc(OCCCN3CCC[C@H]3C)cc2)n1. The Morgan fingerprint density at radius 3 is 2.62 bits per heavy atom. The topological polar surface area (TPSA) is 68.6 Å². The zero-order valence-corrected chi connectivity index (χ0v) is 19.4. The van der Waals surface area contributed by atoms with Crippen LogP contribution in [0.2, 0.25) is 0 Å². The van der Waals surface area contributed by atoms with E-state index in [0.717, 1.165) is 55.8 Å². The Labute approximate surface area is 191 Å². The van der Waals surface area contributed by atoms with Crippen LogP contribution in [0.4, 0.5) is 4.79 Å². The molecule has 1 saturated carbocycles. The summed E-state index contributed by atoms with van der Waals surface area (Å²) in [6, 6.07) is 10.5. The second-order valence-corrected chi connectivity index (χ2v) is 9.13. The lowest BCUT2D eigenvalue weighted by Crippen LogP contribution is -2.38. The number of aromatic nitrogens is 2. The lowest BCUT2D eigenvalue weighted by atomic mass is 9.96. The minimum Gasteiger partial charge on any atom is -0.494 e. The van der Waals surface area contributed by atoms with Crippen molar-refractivity contribution < 1.29 is 14.3 Å². The van der Waals surface area contributed by atoms with Gasteiger partial charge in [-0.15, -0.1) is 0 Å². The Kier molecular flexibility index (Phi) is 7.68. The monoisotopic (exact) mass is 440 g/mol. The molecular weight excluding hydrogens is 404 g/mol. The van der Waals surface area contributed by atoms with Crippen LogP contribution in [0.15, 0.2) is 30.3 Å². The highest BCUT2D eigenvalue weighted by Gasteiger charge is 2.20. The summed E-state index contributed by atoms with van der Waals surface area (Å²) in [5.74, 6) is 1.26. The van der Waals surface area contributed by atoms with E-state index >= 15 is 0 Å². The normalized spacial score (nSPS) is 19.8. The summed E-state index contributed by atoms with van der Waals surface area (Å²) in [6.07, 6.45) is 8.84. The van der Waals surface area contributed by atoms with E-state index in [1.807, 2.05) is 31.2 Å². The highest BCUT2D eigenvalue weighted by Crippen LogP contribution is 2.23. The van der Waals surface area contributed by atoms with E-state index in [0.29, 0.717) is 18.5 Å². The molecule has 1 atom stereocenters. The summed E-state index contributed by atoms with van der Waals surface area (Å²) in [7, 11) is 0. The highest BCUT2D eigenvalue weighted by molar-refractivity contribution is 5.70. The maximum atomic E-state index is 12.4. The van der Waals surface area contributed by atoms with Crippen molar-refractivity contribution in [2.75, 3.05) is 19.7 Å². The van der Waals surface area contributed by atoms with Crippen LogP contribution in [0, 0.1) is 6.92 Å². The third-order valence-electron chi connectivity index (χ3n) is 6.55. The van der Waals surface area contributed by atoms with Gasteiger partial charge in [0.2, 0.25) is 5.88 Å². The summed E-state index contributed by atoms with van der Waals surface area (Å²) in [4.78, 5) is 14.9. The van der Waals surface area contributed by atoms with Gasteiger partial charge in [0.25, 0.3) is 0 Å². The first-order chi connectivity index (χ1) is 15.6. The first kappa shape index (κ1) is 22.6. The van der Waals surface area contributed by atoms with E-state index in [1.54, 1.807) is 10.7 Å². The fourth-order valence-corrected chi connectivity index (χ4v) is 4.74. The molecule has 1 aliphatic carbocycles. The van der Waals surface area contributed by atoms with Crippen molar-refractivity contribution in [2.45, 2.75) is 77.3 Å². The molecule has 32 heavy (non-hydrogen) atoms. The maximum absolute atomic E-state index is 12.4. The number of nitrogens with one attached hydrogen (secondary N) is 1. The van der Waals surface area contributed by atoms with Gasteiger partial charge in [-0.05, 0) is 76.8 Å². The van der Waals surface area contributed by atoms with Crippen LogP contribution in [-0.4, -0.2) is 52.6 Å². The van der Waals surface area contributed by atoms with Crippen LogP contribution in [0.1, 0.15) is 64.0 Å². The molecule has 1 N–H and O–H groups in total. The molecule has 2 aliphatic rings. The average Bonchev–Trinajstić information content (AvgIpc) is 3.37. The van der Waals surface area contributed by atoms with Crippen LogP contribution in [0.25, 0.3) is 5.69 Å². The molecule has 1 aromatic carbocycles. The molecule has 4 rings (SSSR count). The Hall–Kier alpha value is -2.54. The zero-order chi connectivity index (χ0) is 22.3. The predicted octanol–water partition coefficient (Wildman–Crippen LogP) is 4.86. The van der Waals surface area contributed by atoms with Crippen LogP contribution in [-0.2, 0) is 0 Å². The van der Waals surface area contributed by atoms with Crippen LogP contribution in [0.5, 0.6) is 11.6 Å². The molecule has 2 aromatic rings. The Morgan fingerprint density at radius 2 is 1.91 bits per heavy atom. The smallest absolute Gasteiger partial charge is 0.414 e. The number of hydrogen-bond acceptors (Lipinski definition) is 5. The Morgan fingerprint density at radius 1 is 1.12 bits per heavy atom. The Balaban J connectivity index is 1.30. The van der Waals surface area contributed by atoms with Crippen LogP contribution < -0.4 is 14.8 Å². The third kappa shape index (κ3) is 6.03. The number of aryl methyl sites for hydroxylation is 1. The minimum atomic E-state index is -0.412. The number of ether oxygens (including phenoxy) is 2. The van der Waals surface area contributed by atoms with Gasteiger partial charge in [0.05, 0.1) is 18.0 Å². The van der Waals surface area contributed by atoms with E-state index in [9.17, 15) is 4.79 Å². The number of nitrogens with zero attached hydrogens (tertiary/aromatic N) is 3. The van der Waals surface area contributed by atoms with Crippen molar-refractivity contribution in [3.05, 3.63) is 36.0 Å². The van der Waals surface area contributed by atoms with Gasteiger partial charge in [-0.3, -0.25) is 0 Å². The van der Waals surface area contributed by atoms with Crippen molar-refractivity contribution in [1.82, 2.24) is 20.0 Å². The number of hydrogen-bond donors (Lipinski definition) is 1. The second kappa shape index (κ2) is 10.9. The fourth-order valence-electron chi connectivity index (χ4n) is 4.74. The molecule has 0 spiro atoms. The Bertz CT molecular complexity index is 874. The van der Waals surface area contributed by atoms with E-state index < -0.39 is 6.09 Å². The quantitative estimate of drug-likeness (QED) is 0.594. The number of amides is 1. The molecule has 7 nitrogen and oxygen atoms in total. The summed E-state index contributed by atoms with van der Waals surface area (Å²) < 4.78 is 13.2. The second-order valence-electron chi connectivity index (χ2n) is 9.13. The van der Waals surface area contributed by atoms with Gasteiger partial charge in [-0.25, -0.2) is 9.48 Å². The molecule has 174 valence electrons. The van der Waals surface area contributed by atoms with Crippen LogP contribution in [0.3, 0.4) is 0 Å². The van der Waals surface area contributed by atoms with Crippen molar-refractivity contribution in [1.29, 1.82) is 0 Å². The first-order valence-corrected chi connectivity index (χ1v) is 12.1. The molecule has 2 heterocycles. The molecule has 1 aromatic heterocycles. The van der Waals surface area contributed by atoms with Crippen molar-refractivity contribution in [3.63, 3.8) is 0 Å². The molecule has 1 amide bonds.